The van der Waals surface area contributed by atoms with E-state index in [1.165, 1.54) is 4.68 Å². The molecule has 30 heavy (non-hydrogen) atoms. The molecule has 0 aliphatic rings. The van der Waals surface area contributed by atoms with Gasteiger partial charge in [-0.2, -0.15) is 0 Å². The monoisotopic (exact) mass is 450 g/mol. The number of carbonyl (C=O) groups is 2. The van der Waals surface area contributed by atoms with Crippen molar-refractivity contribution in [2.24, 2.45) is 0 Å². The van der Waals surface area contributed by atoms with Crippen LogP contribution in [0, 0.1) is 0 Å². The van der Waals surface area contributed by atoms with Gasteiger partial charge in [0.05, 0.1) is 10.6 Å². The fraction of sp³-hybridized carbons (Fsp3) is 0.438. The van der Waals surface area contributed by atoms with E-state index in [9.17, 15) is 22.8 Å². The lowest BCUT2D eigenvalue weighted by Crippen LogP contribution is -2.23. The Morgan fingerprint density at radius 2 is 1.97 bits per heavy atom. The van der Waals surface area contributed by atoms with Crippen molar-refractivity contribution in [2.45, 2.75) is 33.2 Å². The summed E-state index contributed by atoms with van der Waals surface area (Å²) in [7, 11) is 0. The SMILES string of the molecule is CCCOCC(=O)Nc1c(OC(F)(F)F)ccc(C(=O)Nc2nnnn2CC)c1Cl. The van der Waals surface area contributed by atoms with Gasteiger partial charge in [0.1, 0.15) is 12.3 Å². The molecule has 0 unspecified atom stereocenters. The summed E-state index contributed by atoms with van der Waals surface area (Å²) < 4.78 is 48.4. The van der Waals surface area contributed by atoms with Crippen LogP contribution < -0.4 is 15.4 Å². The van der Waals surface area contributed by atoms with Crippen LogP contribution in [-0.4, -0.2) is 51.6 Å². The highest BCUT2D eigenvalue weighted by atomic mass is 35.5. The number of hydrogen-bond donors (Lipinski definition) is 2. The third-order valence-electron chi connectivity index (χ3n) is 3.48. The van der Waals surface area contributed by atoms with Gasteiger partial charge in [-0.05, 0) is 35.9 Å². The van der Waals surface area contributed by atoms with Crippen LogP contribution in [0.15, 0.2) is 12.1 Å². The number of rotatable bonds is 9. The first-order valence-electron chi connectivity index (χ1n) is 8.69. The van der Waals surface area contributed by atoms with Crippen molar-refractivity contribution in [1.82, 2.24) is 20.2 Å². The van der Waals surface area contributed by atoms with Gasteiger partial charge in [0, 0.05) is 13.2 Å². The molecule has 0 aliphatic carbocycles. The number of aryl methyl sites for hydroxylation is 1. The van der Waals surface area contributed by atoms with Gasteiger partial charge in [0.25, 0.3) is 11.8 Å². The molecule has 1 heterocycles. The second-order valence-electron chi connectivity index (χ2n) is 5.72. The minimum Gasteiger partial charge on any atom is -0.404 e. The quantitative estimate of drug-likeness (QED) is 0.563. The number of amides is 2. The lowest BCUT2D eigenvalue weighted by molar-refractivity contribution is -0.274. The van der Waals surface area contributed by atoms with E-state index in [2.05, 4.69) is 30.9 Å². The molecule has 2 N–H and O–H groups in total. The van der Waals surface area contributed by atoms with Crippen molar-refractivity contribution < 1.29 is 32.2 Å². The number of ether oxygens (including phenoxy) is 2. The average Bonchev–Trinajstić information content (AvgIpc) is 3.10. The highest BCUT2D eigenvalue weighted by molar-refractivity contribution is 6.37. The van der Waals surface area contributed by atoms with Crippen molar-refractivity contribution in [3.05, 3.63) is 22.7 Å². The molecule has 2 aromatic rings. The van der Waals surface area contributed by atoms with Gasteiger partial charge in [-0.15, -0.1) is 13.2 Å². The molecule has 0 radical (unpaired) electrons. The number of tetrazole rings is 1. The van der Waals surface area contributed by atoms with Crippen molar-refractivity contribution >= 4 is 35.1 Å². The summed E-state index contributed by atoms with van der Waals surface area (Å²) in [5.74, 6) is -2.36. The fourth-order valence-electron chi connectivity index (χ4n) is 2.22. The number of aromatic nitrogens is 4. The predicted octanol–water partition coefficient (Wildman–Crippen LogP) is 2.86. The van der Waals surface area contributed by atoms with E-state index in [0.717, 1.165) is 12.1 Å². The van der Waals surface area contributed by atoms with E-state index in [1.54, 1.807) is 6.92 Å². The number of carbonyl (C=O) groups excluding carboxylic acids is 2. The Hall–Kier alpha value is -2.93. The normalized spacial score (nSPS) is 11.3. The van der Waals surface area contributed by atoms with Crippen LogP contribution in [0.3, 0.4) is 0 Å². The maximum absolute atomic E-state index is 12.7. The van der Waals surface area contributed by atoms with E-state index in [-0.39, 0.29) is 18.1 Å². The maximum Gasteiger partial charge on any atom is 0.573 e. The molecule has 2 amide bonds. The number of alkyl halides is 3. The molecule has 0 spiro atoms. The first kappa shape index (κ1) is 23.3. The molecular formula is C16H18ClF3N6O4. The standard InChI is InChI=1S/C16H18ClF3N6O4/c1-3-7-29-8-11(27)21-13-10(30-16(18,19)20)6-5-9(12(13)17)14(28)22-15-23-24-25-26(15)4-2/h5-6H,3-4,7-8H2,1-2H3,(H,21,27)(H,22,23,25,28). The summed E-state index contributed by atoms with van der Waals surface area (Å²) in [6, 6.07) is 1.88. The zero-order valence-corrected chi connectivity index (χ0v) is 16.7. The number of nitrogens with zero attached hydrogens (tertiary/aromatic N) is 4. The third kappa shape index (κ3) is 6.29. The van der Waals surface area contributed by atoms with Gasteiger partial charge in [-0.3, -0.25) is 14.9 Å². The van der Waals surface area contributed by atoms with Gasteiger partial charge in [-0.25, -0.2) is 4.68 Å². The van der Waals surface area contributed by atoms with Crippen molar-refractivity contribution in [3.8, 4) is 5.75 Å². The Balaban J connectivity index is 2.33. The van der Waals surface area contributed by atoms with Crippen LogP contribution in [-0.2, 0) is 16.1 Å². The number of hydrogen-bond acceptors (Lipinski definition) is 7. The van der Waals surface area contributed by atoms with Gasteiger partial charge in [0.15, 0.2) is 5.75 Å². The molecule has 0 fully saturated rings. The van der Waals surface area contributed by atoms with Crippen LogP contribution >= 0.6 is 11.6 Å². The van der Waals surface area contributed by atoms with Gasteiger partial charge < -0.3 is 14.8 Å². The Morgan fingerprint density at radius 1 is 1.23 bits per heavy atom. The highest BCUT2D eigenvalue weighted by Gasteiger charge is 2.33. The van der Waals surface area contributed by atoms with Crippen molar-refractivity contribution in [1.29, 1.82) is 0 Å². The molecule has 0 aliphatic heterocycles. The largest absolute Gasteiger partial charge is 0.573 e. The van der Waals surface area contributed by atoms with Gasteiger partial charge in [0.2, 0.25) is 5.95 Å². The molecule has 14 heteroatoms. The molecule has 0 bridgehead atoms. The van der Waals surface area contributed by atoms with E-state index < -0.39 is 41.2 Å². The maximum atomic E-state index is 12.7. The first-order chi connectivity index (χ1) is 14.2. The lowest BCUT2D eigenvalue weighted by Gasteiger charge is -2.17. The fourth-order valence-corrected chi connectivity index (χ4v) is 2.51. The second kappa shape index (κ2) is 10.2. The number of anilines is 2. The van der Waals surface area contributed by atoms with Gasteiger partial charge >= 0.3 is 6.36 Å². The van der Waals surface area contributed by atoms with Crippen LogP contribution in [0.25, 0.3) is 0 Å². The van der Waals surface area contributed by atoms with E-state index in [0.29, 0.717) is 13.0 Å². The molecule has 10 nitrogen and oxygen atoms in total. The minimum absolute atomic E-state index is 0.00716. The van der Waals surface area contributed by atoms with Crippen molar-refractivity contribution in [2.75, 3.05) is 23.8 Å². The van der Waals surface area contributed by atoms with E-state index in [4.69, 9.17) is 16.3 Å². The number of benzene rings is 1. The van der Waals surface area contributed by atoms with E-state index >= 15 is 0 Å². The summed E-state index contributed by atoms with van der Waals surface area (Å²) in [5.41, 5.74) is -0.761. The van der Waals surface area contributed by atoms with Gasteiger partial charge in [-0.1, -0.05) is 23.6 Å². The van der Waals surface area contributed by atoms with Crippen LogP contribution in [0.2, 0.25) is 5.02 Å². The van der Waals surface area contributed by atoms with Crippen LogP contribution in [0.1, 0.15) is 30.6 Å². The van der Waals surface area contributed by atoms with E-state index in [1.807, 2.05) is 6.92 Å². The average molecular weight is 451 g/mol. The molecule has 2 rings (SSSR count). The summed E-state index contributed by atoms with van der Waals surface area (Å²) >= 11 is 6.13. The Labute approximate surface area is 173 Å². The molecule has 1 aromatic carbocycles. The van der Waals surface area contributed by atoms with Crippen LogP contribution in [0.5, 0.6) is 5.75 Å². The predicted molar refractivity (Wildman–Crippen MR) is 99.3 cm³/mol. The second-order valence-corrected chi connectivity index (χ2v) is 6.10. The summed E-state index contributed by atoms with van der Waals surface area (Å²) in [5, 5.41) is 14.8. The topological polar surface area (TPSA) is 120 Å². The van der Waals surface area contributed by atoms with Crippen LogP contribution in [0.4, 0.5) is 24.8 Å². The molecule has 1 aromatic heterocycles. The number of halogens is 4. The highest BCUT2D eigenvalue weighted by Crippen LogP contribution is 2.38. The summed E-state index contributed by atoms with van der Waals surface area (Å²) in [4.78, 5) is 24.6. The molecule has 0 saturated carbocycles. The Bertz CT molecular complexity index is 906. The number of nitrogens with one attached hydrogen (secondary N) is 2. The zero-order chi connectivity index (χ0) is 22.3. The molecule has 0 atom stereocenters. The zero-order valence-electron chi connectivity index (χ0n) is 15.9. The Morgan fingerprint density at radius 3 is 2.60 bits per heavy atom. The molecular weight excluding hydrogens is 433 g/mol. The molecule has 164 valence electrons. The summed E-state index contributed by atoms with van der Waals surface area (Å²) in [6.07, 6.45) is -4.40. The van der Waals surface area contributed by atoms with Crippen molar-refractivity contribution in [3.63, 3.8) is 0 Å². The Kier molecular flexibility index (Phi) is 7.94. The molecule has 0 saturated heterocycles. The lowest BCUT2D eigenvalue weighted by atomic mass is 10.1. The first-order valence-corrected chi connectivity index (χ1v) is 9.07. The summed E-state index contributed by atoms with van der Waals surface area (Å²) in [6.45, 7) is 3.77. The minimum atomic E-state index is -5.05. The third-order valence-corrected chi connectivity index (χ3v) is 3.87. The smallest absolute Gasteiger partial charge is 0.404 e.